The Bertz CT molecular complexity index is 749. The molecule has 2 atom stereocenters. The third-order valence-corrected chi connectivity index (χ3v) is 5.46. The standard InChI is InChI=1S/C21H29N3O/c1-5-20-22-10-12-23(20)14-17(4)21(25)24-11-6-7-19(24)18-9-8-15(2)16(3)13-18/h8-10,12-13,17,19H,5-7,11,14H2,1-4H3. The normalized spacial score (nSPS) is 18.6. The van der Waals surface area contributed by atoms with Gasteiger partial charge in [-0.25, -0.2) is 4.98 Å². The van der Waals surface area contributed by atoms with Gasteiger partial charge in [0.25, 0.3) is 0 Å². The monoisotopic (exact) mass is 339 g/mol. The number of rotatable bonds is 5. The molecule has 4 nitrogen and oxygen atoms in total. The molecule has 2 unspecified atom stereocenters. The largest absolute Gasteiger partial charge is 0.335 e. The zero-order chi connectivity index (χ0) is 18.0. The number of carbonyl (C=O) groups is 1. The minimum Gasteiger partial charge on any atom is -0.335 e. The molecule has 0 radical (unpaired) electrons. The van der Waals surface area contributed by atoms with Gasteiger partial charge in [-0.2, -0.15) is 0 Å². The van der Waals surface area contributed by atoms with Crippen molar-refractivity contribution in [3.63, 3.8) is 0 Å². The number of imidazole rings is 1. The molecule has 1 aliphatic heterocycles. The summed E-state index contributed by atoms with van der Waals surface area (Å²) in [7, 11) is 0. The Kier molecular flexibility index (Phi) is 5.26. The molecule has 0 N–H and O–H groups in total. The van der Waals surface area contributed by atoms with Gasteiger partial charge in [-0.3, -0.25) is 4.79 Å². The van der Waals surface area contributed by atoms with Crippen LogP contribution in [0.15, 0.2) is 30.6 Å². The second-order valence-electron chi connectivity index (χ2n) is 7.28. The number of aromatic nitrogens is 2. The summed E-state index contributed by atoms with van der Waals surface area (Å²) in [5.74, 6) is 1.27. The maximum Gasteiger partial charge on any atom is 0.227 e. The van der Waals surface area contributed by atoms with Crippen molar-refractivity contribution in [2.45, 2.75) is 59.5 Å². The number of benzene rings is 1. The van der Waals surface area contributed by atoms with Gasteiger partial charge < -0.3 is 9.47 Å². The molecular weight excluding hydrogens is 310 g/mol. The molecule has 2 aromatic rings. The van der Waals surface area contributed by atoms with Crippen LogP contribution in [-0.4, -0.2) is 26.9 Å². The Morgan fingerprint density at radius 2 is 2.12 bits per heavy atom. The summed E-state index contributed by atoms with van der Waals surface area (Å²) in [6, 6.07) is 6.84. The molecule has 1 aliphatic rings. The van der Waals surface area contributed by atoms with E-state index < -0.39 is 0 Å². The Balaban J connectivity index is 1.74. The number of hydrogen-bond acceptors (Lipinski definition) is 2. The van der Waals surface area contributed by atoms with Crippen molar-refractivity contribution in [3.05, 3.63) is 53.1 Å². The highest BCUT2D eigenvalue weighted by atomic mass is 16.2. The lowest BCUT2D eigenvalue weighted by Crippen LogP contribution is -2.36. The molecule has 0 bridgehead atoms. The van der Waals surface area contributed by atoms with Crippen molar-refractivity contribution in [3.8, 4) is 0 Å². The van der Waals surface area contributed by atoms with Crippen molar-refractivity contribution in [1.29, 1.82) is 0 Å². The Morgan fingerprint density at radius 1 is 1.32 bits per heavy atom. The molecular formula is C21H29N3O. The smallest absolute Gasteiger partial charge is 0.227 e. The third kappa shape index (κ3) is 3.63. The van der Waals surface area contributed by atoms with Crippen molar-refractivity contribution < 1.29 is 4.79 Å². The summed E-state index contributed by atoms with van der Waals surface area (Å²) >= 11 is 0. The fourth-order valence-corrected chi connectivity index (χ4v) is 3.83. The lowest BCUT2D eigenvalue weighted by Gasteiger charge is -2.28. The first kappa shape index (κ1) is 17.7. The van der Waals surface area contributed by atoms with Crippen LogP contribution in [0.4, 0.5) is 0 Å². The van der Waals surface area contributed by atoms with Gasteiger partial charge in [0.15, 0.2) is 0 Å². The minimum absolute atomic E-state index is 0.0355. The minimum atomic E-state index is -0.0355. The number of hydrogen-bond donors (Lipinski definition) is 0. The van der Waals surface area contributed by atoms with Gasteiger partial charge in [0.1, 0.15) is 5.82 Å². The summed E-state index contributed by atoms with van der Waals surface area (Å²) in [5.41, 5.74) is 3.88. The van der Waals surface area contributed by atoms with E-state index in [0.717, 1.165) is 31.6 Å². The van der Waals surface area contributed by atoms with Gasteiger partial charge >= 0.3 is 0 Å². The van der Waals surface area contributed by atoms with Crippen molar-refractivity contribution in [2.24, 2.45) is 5.92 Å². The van der Waals surface area contributed by atoms with Crippen LogP contribution in [0.2, 0.25) is 0 Å². The van der Waals surface area contributed by atoms with Crippen molar-refractivity contribution >= 4 is 5.91 Å². The van der Waals surface area contributed by atoms with E-state index >= 15 is 0 Å². The lowest BCUT2D eigenvalue weighted by atomic mass is 9.98. The SMILES string of the molecule is CCc1nccn1CC(C)C(=O)N1CCCC1c1ccc(C)c(C)c1. The fraction of sp³-hybridized carbons (Fsp3) is 0.524. The molecule has 1 saturated heterocycles. The van der Waals surface area contributed by atoms with E-state index in [9.17, 15) is 4.79 Å². The average Bonchev–Trinajstić information content (AvgIpc) is 3.25. The molecule has 0 spiro atoms. The van der Waals surface area contributed by atoms with Crippen LogP contribution >= 0.6 is 0 Å². The third-order valence-electron chi connectivity index (χ3n) is 5.46. The summed E-state index contributed by atoms with van der Waals surface area (Å²) in [5, 5.41) is 0. The first-order valence-corrected chi connectivity index (χ1v) is 9.39. The highest BCUT2D eigenvalue weighted by Gasteiger charge is 2.32. The first-order chi connectivity index (χ1) is 12.0. The van der Waals surface area contributed by atoms with Crippen LogP contribution in [0.3, 0.4) is 0 Å². The van der Waals surface area contributed by atoms with Gasteiger partial charge in [-0.15, -0.1) is 0 Å². The Hall–Kier alpha value is -2.10. The second-order valence-corrected chi connectivity index (χ2v) is 7.28. The average molecular weight is 339 g/mol. The predicted molar refractivity (Wildman–Crippen MR) is 100 cm³/mol. The van der Waals surface area contributed by atoms with E-state index in [1.54, 1.807) is 0 Å². The van der Waals surface area contributed by atoms with Gasteiger partial charge in [0.2, 0.25) is 5.91 Å². The second kappa shape index (κ2) is 7.42. The van der Waals surface area contributed by atoms with Crippen LogP contribution in [0.25, 0.3) is 0 Å². The molecule has 1 fully saturated rings. The number of nitrogens with zero attached hydrogens (tertiary/aromatic N) is 3. The Morgan fingerprint density at radius 3 is 2.84 bits per heavy atom. The fourth-order valence-electron chi connectivity index (χ4n) is 3.83. The zero-order valence-corrected chi connectivity index (χ0v) is 15.8. The van der Waals surface area contributed by atoms with Crippen LogP contribution in [0, 0.1) is 19.8 Å². The maximum absolute atomic E-state index is 13.1. The van der Waals surface area contributed by atoms with Crippen LogP contribution in [0.5, 0.6) is 0 Å². The number of carbonyl (C=O) groups excluding carboxylic acids is 1. The van der Waals surface area contributed by atoms with E-state index in [1.807, 2.05) is 19.3 Å². The van der Waals surface area contributed by atoms with Crippen molar-refractivity contribution in [2.75, 3.05) is 6.54 Å². The summed E-state index contributed by atoms with van der Waals surface area (Å²) in [4.78, 5) is 19.6. The number of amides is 1. The summed E-state index contributed by atoms with van der Waals surface area (Å²) in [6.07, 6.45) is 6.84. The molecule has 134 valence electrons. The van der Waals surface area contributed by atoms with Gasteiger partial charge in [0.05, 0.1) is 12.0 Å². The molecule has 0 aliphatic carbocycles. The highest BCUT2D eigenvalue weighted by molar-refractivity contribution is 5.79. The van der Waals surface area contributed by atoms with E-state index in [4.69, 9.17) is 0 Å². The number of likely N-dealkylation sites (tertiary alicyclic amines) is 1. The van der Waals surface area contributed by atoms with Crippen LogP contribution in [0.1, 0.15) is 55.2 Å². The lowest BCUT2D eigenvalue weighted by molar-refractivity contribution is -0.136. The van der Waals surface area contributed by atoms with E-state index in [1.165, 1.54) is 16.7 Å². The van der Waals surface area contributed by atoms with Gasteiger partial charge in [0, 0.05) is 31.9 Å². The summed E-state index contributed by atoms with van der Waals surface area (Å²) in [6.45, 7) is 9.99. The number of aryl methyl sites for hydroxylation is 3. The molecule has 25 heavy (non-hydrogen) atoms. The van der Waals surface area contributed by atoms with Crippen molar-refractivity contribution in [1.82, 2.24) is 14.5 Å². The molecule has 1 amide bonds. The van der Waals surface area contributed by atoms with Crippen LogP contribution in [-0.2, 0) is 17.8 Å². The molecule has 0 saturated carbocycles. The quantitative estimate of drug-likeness (QED) is 0.824. The molecule has 2 heterocycles. The Labute approximate surface area is 150 Å². The van der Waals surface area contributed by atoms with Gasteiger partial charge in [-0.1, -0.05) is 32.0 Å². The van der Waals surface area contributed by atoms with E-state index in [0.29, 0.717) is 6.54 Å². The molecule has 4 heteroatoms. The maximum atomic E-state index is 13.1. The zero-order valence-electron chi connectivity index (χ0n) is 15.8. The first-order valence-electron chi connectivity index (χ1n) is 9.39. The molecule has 3 rings (SSSR count). The van der Waals surface area contributed by atoms with E-state index in [-0.39, 0.29) is 17.9 Å². The topological polar surface area (TPSA) is 38.1 Å². The molecule has 1 aromatic heterocycles. The van der Waals surface area contributed by atoms with E-state index in [2.05, 4.69) is 53.4 Å². The summed E-state index contributed by atoms with van der Waals surface area (Å²) < 4.78 is 2.11. The predicted octanol–water partition coefficient (Wildman–Crippen LogP) is 4.06. The van der Waals surface area contributed by atoms with Crippen LogP contribution < -0.4 is 0 Å². The highest BCUT2D eigenvalue weighted by Crippen LogP contribution is 2.34. The molecule has 1 aromatic carbocycles. The van der Waals surface area contributed by atoms with Gasteiger partial charge in [-0.05, 0) is 43.4 Å².